The zero-order chi connectivity index (χ0) is 27.7. The average Bonchev–Trinajstić information content (AvgIpc) is 3.67. The lowest BCUT2D eigenvalue weighted by molar-refractivity contribution is -0.0518. The predicted octanol–water partition coefficient (Wildman–Crippen LogP) is 5.24. The molecule has 8 heteroatoms. The first-order valence-corrected chi connectivity index (χ1v) is 14.6. The van der Waals surface area contributed by atoms with Crippen molar-refractivity contribution in [3.8, 4) is 11.3 Å². The van der Waals surface area contributed by atoms with Crippen molar-refractivity contribution in [3.63, 3.8) is 0 Å². The monoisotopic (exact) mass is 542 g/mol. The normalized spacial score (nSPS) is 25.1. The molecule has 2 amide bonds. The Morgan fingerprint density at radius 3 is 2.38 bits per heavy atom. The molecule has 0 spiro atoms. The lowest BCUT2D eigenvalue weighted by Crippen LogP contribution is -2.57. The van der Waals surface area contributed by atoms with Crippen molar-refractivity contribution in [1.82, 2.24) is 19.4 Å². The molecule has 2 aromatic carbocycles. The number of carbonyl (C=O) groups excluding carboxylic acids is 1. The summed E-state index contributed by atoms with van der Waals surface area (Å²) in [5, 5.41) is 21.6. The number of benzene rings is 2. The van der Waals surface area contributed by atoms with Crippen molar-refractivity contribution in [3.05, 3.63) is 78.2 Å². The first-order chi connectivity index (χ1) is 19.4. The van der Waals surface area contributed by atoms with E-state index in [1.807, 2.05) is 65.6 Å². The van der Waals surface area contributed by atoms with Gasteiger partial charge in [-0.15, -0.1) is 0 Å². The minimum atomic E-state index is -0.966. The number of hydrogen-bond acceptors (Lipinski definition) is 4. The summed E-state index contributed by atoms with van der Waals surface area (Å²) in [6.45, 7) is 0.817. The molecule has 210 valence electrons. The van der Waals surface area contributed by atoms with Crippen LogP contribution in [0.1, 0.15) is 67.0 Å². The molecule has 1 saturated heterocycles. The number of amides is 2. The van der Waals surface area contributed by atoms with Gasteiger partial charge in [0, 0.05) is 25.2 Å². The van der Waals surface area contributed by atoms with Gasteiger partial charge in [-0.2, -0.15) is 0 Å². The summed E-state index contributed by atoms with van der Waals surface area (Å²) in [6, 6.07) is 19.3. The van der Waals surface area contributed by atoms with Gasteiger partial charge in [-0.25, -0.2) is 9.78 Å². The van der Waals surface area contributed by atoms with Gasteiger partial charge < -0.3 is 24.6 Å². The summed E-state index contributed by atoms with van der Waals surface area (Å²) in [7, 11) is 0. The largest absolute Gasteiger partial charge is 0.465 e. The molecular weight excluding hydrogens is 504 g/mol. The second kappa shape index (κ2) is 11.1. The lowest BCUT2D eigenvalue weighted by atomic mass is 9.76. The van der Waals surface area contributed by atoms with Gasteiger partial charge in [-0.1, -0.05) is 86.3 Å². The molecule has 0 unspecified atom stereocenters. The average molecular weight is 543 g/mol. The third-order valence-corrected chi connectivity index (χ3v) is 9.00. The molecule has 3 fully saturated rings. The number of piperazine rings is 1. The van der Waals surface area contributed by atoms with Crippen LogP contribution in [0.2, 0.25) is 0 Å². The Hall–Kier alpha value is -3.65. The van der Waals surface area contributed by atoms with Crippen LogP contribution in [0.5, 0.6) is 0 Å². The smallest absolute Gasteiger partial charge is 0.407 e. The van der Waals surface area contributed by atoms with Gasteiger partial charge in [0.25, 0.3) is 5.91 Å². The summed E-state index contributed by atoms with van der Waals surface area (Å²) in [6.07, 6.45) is 8.15. The number of carbonyl (C=O) groups is 2. The van der Waals surface area contributed by atoms with Crippen LogP contribution in [-0.2, 0) is 6.42 Å². The molecule has 1 aromatic heterocycles. The topological polar surface area (TPSA) is 98.9 Å². The van der Waals surface area contributed by atoms with Crippen molar-refractivity contribution in [2.24, 2.45) is 5.92 Å². The molecule has 3 aliphatic rings. The number of carboxylic acid groups (broad SMARTS) is 1. The fourth-order valence-corrected chi connectivity index (χ4v) is 6.79. The zero-order valence-corrected chi connectivity index (χ0v) is 22.9. The van der Waals surface area contributed by atoms with Crippen LogP contribution in [0.15, 0.2) is 67.0 Å². The molecule has 2 saturated carbocycles. The maximum atomic E-state index is 14.3. The van der Waals surface area contributed by atoms with E-state index in [4.69, 9.17) is 4.98 Å². The summed E-state index contributed by atoms with van der Waals surface area (Å²) in [5.41, 5.74) is 2.25. The maximum Gasteiger partial charge on any atom is 0.407 e. The number of aromatic nitrogens is 2. The van der Waals surface area contributed by atoms with Gasteiger partial charge in [-0.3, -0.25) is 4.79 Å². The number of rotatable bonds is 7. The van der Waals surface area contributed by atoms with E-state index in [0.29, 0.717) is 24.6 Å². The van der Waals surface area contributed by atoms with E-state index in [-0.39, 0.29) is 31.1 Å². The third kappa shape index (κ3) is 5.37. The summed E-state index contributed by atoms with van der Waals surface area (Å²) in [5.74, 6) is 0.393. The highest BCUT2D eigenvalue weighted by molar-refractivity contribution is 5.98. The highest BCUT2D eigenvalue weighted by Gasteiger charge is 2.45. The van der Waals surface area contributed by atoms with Gasteiger partial charge in [0.2, 0.25) is 0 Å². The summed E-state index contributed by atoms with van der Waals surface area (Å²) < 4.78 is 2.07. The molecule has 3 atom stereocenters. The summed E-state index contributed by atoms with van der Waals surface area (Å²) >= 11 is 0. The second-order valence-corrected chi connectivity index (χ2v) is 11.8. The van der Waals surface area contributed by atoms with Crippen molar-refractivity contribution < 1.29 is 19.8 Å². The van der Waals surface area contributed by atoms with Crippen LogP contribution < -0.4 is 0 Å². The van der Waals surface area contributed by atoms with E-state index in [9.17, 15) is 19.8 Å². The number of aliphatic hydroxyl groups is 1. The first-order valence-electron chi connectivity index (χ1n) is 14.6. The Morgan fingerprint density at radius 2 is 1.68 bits per heavy atom. The molecule has 6 rings (SSSR count). The van der Waals surface area contributed by atoms with Crippen LogP contribution in [0.25, 0.3) is 11.3 Å². The highest BCUT2D eigenvalue weighted by atomic mass is 16.4. The molecule has 2 heterocycles. The van der Waals surface area contributed by atoms with Crippen molar-refractivity contribution in [1.29, 1.82) is 0 Å². The number of hydrogen-bond donors (Lipinski definition) is 2. The molecule has 0 bridgehead atoms. The molecule has 2 N–H and O–H groups in total. The van der Waals surface area contributed by atoms with E-state index < -0.39 is 11.7 Å². The lowest BCUT2D eigenvalue weighted by Gasteiger charge is -2.42. The minimum Gasteiger partial charge on any atom is -0.465 e. The number of nitrogens with zero attached hydrogens (tertiary/aromatic N) is 4. The van der Waals surface area contributed by atoms with Crippen molar-refractivity contribution >= 4 is 12.0 Å². The third-order valence-electron chi connectivity index (χ3n) is 9.00. The van der Waals surface area contributed by atoms with Crippen LogP contribution in [0.3, 0.4) is 0 Å². The van der Waals surface area contributed by atoms with Crippen LogP contribution in [-0.4, -0.2) is 72.8 Å². The van der Waals surface area contributed by atoms with Gasteiger partial charge in [-0.05, 0) is 37.2 Å². The Labute approximate surface area is 235 Å². The van der Waals surface area contributed by atoms with E-state index in [2.05, 4.69) is 4.57 Å². The molecule has 40 heavy (non-hydrogen) atoms. The van der Waals surface area contributed by atoms with E-state index in [0.717, 1.165) is 48.9 Å². The molecule has 0 radical (unpaired) electrons. The SMILES string of the molecule is O=C(O)N1CCN(C(=O)c2ncn([C@H]3CCCC[C@]3(O)CC3CC3)c2-c2ccccc2)[C@H](Cc2ccccc2)C1. The molecule has 3 aromatic rings. The maximum absolute atomic E-state index is 14.3. The zero-order valence-electron chi connectivity index (χ0n) is 22.9. The fraction of sp³-hybridized carbons (Fsp3) is 0.469. The second-order valence-electron chi connectivity index (χ2n) is 11.8. The quantitative estimate of drug-likeness (QED) is 0.425. The van der Waals surface area contributed by atoms with Crippen LogP contribution >= 0.6 is 0 Å². The number of imidazole rings is 1. The Morgan fingerprint density at radius 1 is 0.950 bits per heavy atom. The fourth-order valence-electron chi connectivity index (χ4n) is 6.79. The Bertz CT molecular complexity index is 1340. The summed E-state index contributed by atoms with van der Waals surface area (Å²) in [4.78, 5) is 34.1. The van der Waals surface area contributed by atoms with Crippen molar-refractivity contribution in [2.45, 2.75) is 69.1 Å². The van der Waals surface area contributed by atoms with E-state index in [1.54, 1.807) is 6.33 Å². The molecule has 8 nitrogen and oxygen atoms in total. The molecule has 2 aliphatic carbocycles. The Balaban J connectivity index is 1.37. The van der Waals surface area contributed by atoms with Crippen LogP contribution in [0.4, 0.5) is 4.79 Å². The van der Waals surface area contributed by atoms with Gasteiger partial charge in [0.1, 0.15) is 0 Å². The van der Waals surface area contributed by atoms with E-state index >= 15 is 0 Å². The van der Waals surface area contributed by atoms with Gasteiger partial charge in [0.15, 0.2) is 5.69 Å². The van der Waals surface area contributed by atoms with Gasteiger partial charge in [0.05, 0.1) is 29.7 Å². The first kappa shape index (κ1) is 26.6. The standard InChI is InChI=1S/C32H38N4O4/c37-30(35-18-17-34(31(38)39)21-26(35)19-23-9-3-1-4-10-23)28-29(25-11-5-2-6-12-25)36(22-33-28)27-13-7-8-16-32(27,40)20-24-14-15-24/h1-6,9-12,22,24,26-27,40H,7-8,13-21H2,(H,38,39)/t26-,27+,32+/m1/s1. The predicted molar refractivity (Wildman–Crippen MR) is 152 cm³/mol. The minimum absolute atomic E-state index is 0.143. The van der Waals surface area contributed by atoms with Crippen LogP contribution in [0, 0.1) is 5.92 Å². The van der Waals surface area contributed by atoms with Gasteiger partial charge >= 0.3 is 6.09 Å². The molecular formula is C32H38N4O4. The van der Waals surface area contributed by atoms with E-state index in [1.165, 1.54) is 17.7 Å². The highest BCUT2D eigenvalue weighted by Crippen LogP contribution is 2.48. The Kier molecular flexibility index (Phi) is 7.36. The molecule has 1 aliphatic heterocycles. The van der Waals surface area contributed by atoms with Crippen molar-refractivity contribution in [2.75, 3.05) is 19.6 Å².